The van der Waals surface area contributed by atoms with Gasteiger partial charge in [0.2, 0.25) is 5.91 Å². The molecule has 3 heterocycles. The fourth-order valence-electron chi connectivity index (χ4n) is 7.55. The van der Waals surface area contributed by atoms with Crippen LogP contribution in [0.25, 0.3) is 0 Å². The highest BCUT2D eigenvalue weighted by Gasteiger charge is 2.59. The third-order valence-electron chi connectivity index (χ3n) is 10.9. The molecule has 7 rings (SSSR count). The molecule has 2 N–H and O–H groups in total. The van der Waals surface area contributed by atoms with E-state index in [1.54, 1.807) is 10.9 Å². The van der Waals surface area contributed by atoms with Gasteiger partial charge in [0, 0.05) is 13.3 Å². The van der Waals surface area contributed by atoms with Gasteiger partial charge >= 0.3 is 5.97 Å². The van der Waals surface area contributed by atoms with Gasteiger partial charge in [-0.1, -0.05) is 127 Å². The summed E-state index contributed by atoms with van der Waals surface area (Å²) in [6, 6.07) is 39.3. The molecule has 2 fully saturated rings. The molecule has 314 valence electrons. The van der Waals surface area contributed by atoms with Crippen LogP contribution in [-0.4, -0.2) is 91.4 Å². The van der Waals surface area contributed by atoms with E-state index in [-0.39, 0.29) is 39.4 Å². The Labute approximate surface area is 349 Å². The lowest BCUT2D eigenvalue weighted by Gasteiger charge is -2.53. The van der Waals surface area contributed by atoms with Gasteiger partial charge in [-0.25, -0.2) is 9.48 Å². The molecule has 14 nitrogen and oxygen atoms in total. The molecule has 14 heteroatoms. The summed E-state index contributed by atoms with van der Waals surface area (Å²) in [5.74, 6) is -2.13. The van der Waals surface area contributed by atoms with Gasteiger partial charge < -0.3 is 39.0 Å². The number of carboxylic acid groups (broad SMARTS) is 1. The molecule has 2 aliphatic heterocycles. The molecular formula is C46H51N5O9. The maximum Gasteiger partial charge on any atom is 0.329 e. The first-order valence-corrected chi connectivity index (χ1v) is 20.0. The van der Waals surface area contributed by atoms with Crippen LogP contribution < -0.4 is 5.32 Å². The number of carbonyl (C=O) groups excluding carboxylic acids is 2. The number of amides is 2. The van der Waals surface area contributed by atoms with E-state index in [0.717, 1.165) is 22.3 Å². The monoisotopic (exact) mass is 817 g/mol. The molecule has 0 radical (unpaired) electrons. The van der Waals surface area contributed by atoms with E-state index in [1.165, 1.54) is 25.7 Å². The molecule has 1 aromatic heterocycles. The largest absolute Gasteiger partial charge is 0.480 e. The van der Waals surface area contributed by atoms with Crippen molar-refractivity contribution in [1.82, 2.24) is 25.2 Å². The number of hydrogen-bond acceptors (Lipinski definition) is 10. The fourth-order valence-corrected chi connectivity index (χ4v) is 7.55. The fraction of sp³-hybridized carbons (Fsp3) is 0.370. The second kappa shape index (κ2) is 19.1. The molecule has 2 amide bonds. The lowest BCUT2D eigenvalue weighted by Crippen LogP contribution is -2.79. The molecule has 0 aliphatic carbocycles. The maximum atomic E-state index is 13.7. The first-order valence-electron chi connectivity index (χ1n) is 20.0. The summed E-state index contributed by atoms with van der Waals surface area (Å²) >= 11 is 0. The predicted octanol–water partition coefficient (Wildman–Crippen LogP) is 5.27. The van der Waals surface area contributed by atoms with E-state index in [2.05, 4.69) is 15.6 Å². The minimum absolute atomic E-state index is 0.0308. The Morgan fingerprint density at radius 2 is 1.25 bits per heavy atom. The SMILES string of the molecule is CC(=O)N[C@]1(Cc2cn([C@H]3O[C@H](COCc4ccccc4)[C@@H](OCc4ccccc4)[C@H](OCc4ccccc4)[C@@H]3OCc3ccccc3)nn2)CN(C(C)(C)C(=O)O)C1=O. The first kappa shape index (κ1) is 42.4. The lowest BCUT2D eigenvalue weighted by atomic mass is 9.80. The van der Waals surface area contributed by atoms with Crippen LogP contribution in [0.4, 0.5) is 0 Å². The quantitative estimate of drug-likeness (QED) is 0.104. The van der Waals surface area contributed by atoms with Gasteiger partial charge in [0.1, 0.15) is 35.5 Å². The Morgan fingerprint density at radius 3 is 1.73 bits per heavy atom. The second-order valence-corrected chi connectivity index (χ2v) is 15.7. The predicted molar refractivity (Wildman–Crippen MR) is 219 cm³/mol. The van der Waals surface area contributed by atoms with Crippen LogP contribution in [0.3, 0.4) is 0 Å². The standard InChI is InChI=1S/C46H51N5O9/c1-32(52)47-46(31-50(43(46)53)45(2,3)44(54)55)24-37-25-51(49-48-37)42-41(59-29-36-22-14-7-15-23-36)40(58-28-35-20-12-6-13-21-35)39(57-27-34-18-10-5-11-19-34)38(60-42)30-56-26-33-16-8-4-9-17-33/h4-23,25,38-42H,24,26-31H2,1-3H3,(H,47,52)(H,54,55)/t38-,39-,40+,41+,42+,46-/m1/s1. The number of aromatic nitrogens is 3. The average molecular weight is 818 g/mol. The van der Waals surface area contributed by atoms with Gasteiger partial charge in [-0.15, -0.1) is 5.10 Å². The van der Waals surface area contributed by atoms with Crippen LogP contribution in [-0.2, 0) is 70.9 Å². The van der Waals surface area contributed by atoms with E-state index < -0.39 is 59.5 Å². The maximum absolute atomic E-state index is 13.7. The summed E-state index contributed by atoms with van der Waals surface area (Å²) in [5, 5.41) is 21.6. The van der Waals surface area contributed by atoms with E-state index in [1.807, 2.05) is 121 Å². The molecule has 2 saturated heterocycles. The molecule has 0 bridgehead atoms. The molecule has 6 atom stereocenters. The summed E-state index contributed by atoms with van der Waals surface area (Å²) < 4.78 is 35.2. The molecule has 60 heavy (non-hydrogen) atoms. The highest BCUT2D eigenvalue weighted by atomic mass is 16.6. The zero-order valence-corrected chi connectivity index (χ0v) is 34.0. The van der Waals surface area contributed by atoms with Crippen LogP contribution in [0.5, 0.6) is 0 Å². The van der Waals surface area contributed by atoms with Gasteiger partial charge in [0.15, 0.2) is 6.23 Å². The second-order valence-electron chi connectivity index (χ2n) is 15.7. The summed E-state index contributed by atoms with van der Waals surface area (Å²) in [4.78, 5) is 39.4. The van der Waals surface area contributed by atoms with Crippen LogP contribution in [0, 0.1) is 0 Å². The topological polar surface area (TPSA) is 164 Å². The number of ether oxygens (including phenoxy) is 5. The van der Waals surface area contributed by atoms with Crippen LogP contribution in [0.15, 0.2) is 128 Å². The van der Waals surface area contributed by atoms with Gasteiger partial charge in [0.05, 0.1) is 51.5 Å². The van der Waals surface area contributed by atoms with Crippen molar-refractivity contribution < 1.29 is 43.2 Å². The lowest BCUT2D eigenvalue weighted by molar-refractivity contribution is -0.292. The molecule has 5 aromatic rings. The van der Waals surface area contributed by atoms with Crippen LogP contribution in [0.1, 0.15) is 54.9 Å². The van der Waals surface area contributed by atoms with Crippen molar-refractivity contribution in [2.45, 2.75) is 95.3 Å². The molecule has 0 spiro atoms. The van der Waals surface area contributed by atoms with Crippen molar-refractivity contribution in [3.63, 3.8) is 0 Å². The smallest absolute Gasteiger partial charge is 0.329 e. The minimum atomic E-state index is -1.48. The Balaban J connectivity index is 1.23. The first-order chi connectivity index (χ1) is 29.0. The number of aliphatic carboxylic acids is 1. The number of carbonyl (C=O) groups is 3. The van der Waals surface area contributed by atoms with E-state index >= 15 is 0 Å². The van der Waals surface area contributed by atoms with Crippen molar-refractivity contribution in [2.24, 2.45) is 0 Å². The van der Waals surface area contributed by atoms with Crippen LogP contribution >= 0.6 is 0 Å². The number of β-lactam (4-membered cyclic amide) rings is 1. The van der Waals surface area contributed by atoms with Gasteiger partial charge in [-0.2, -0.15) is 0 Å². The minimum Gasteiger partial charge on any atom is -0.480 e. The van der Waals surface area contributed by atoms with E-state index in [0.29, 0.717) is 12.3 Å². The Morgan fingerprint density at radius 1 is 0.767 bits per heavy atom. The molecule has 0 saturated carbocycles. The number of hydrogen-bond donors (Lipinski definition) is 2. The summed E-state index contributed by atoms with van der Waals surface area (Å²) in [6.07, 6.45) is -2.19. The normalized spacial score (nSPS) is 22.9. The number of rotatable bonds is 19. The number of nitrogens with one attached hydrogen (secondary N) is 1. The third kappa shape index (κ3) is 9.97. The van der Waals surface area contributed by atoms with Crippen molar-refractivity contribution in [1.29, 1.82) is 0 Å². The van der Waals surface area contributed by atoms with Gasteiger partial charge in [-0.3, -0.25) is 9.59 Å². The highest BCUT2D eigenvalue weighted by Crippen LogP contribution is 2.37. The van der Waals surface area contributed by atoms with E-state index in [4.69, 9.17) is 23.7 Å². The summed E-state index contributed by atoms with van der Waals surface area (Å²) in [5.41, 5.74) is 1.33. The Kier molecular flexibility index (Phi) is 13.5. The summed E-state index contributed by atoms with van der Waals surface area (Å²) in [7, 11) is 0. The van der Waals surface area contributed by atoms with E-state index in [9.17, 15) is 19.5 Å². The molecule has 4 aromatic carbocycles. The molecule has 0 unspecified atom stereocenters. The number of likely N-dealkylation sites (tertiary alicyclic amines) is 1. The number of nitrogens with zero attached hydrogens (tertiary/aromatic N) is 4. The number of benzene rings is 4. The molecule has 2 aliphatic rings. The zero-order valence-electron chi connectivity index (χ0n) is 34.0. The van der Waals surface area contributed by atoms with Crippen molar-refractivity contribution in [2.75, 3.05) is 13.2 Å². The Bertz CT molecular complexity index is 2170. The average Bonchev–Trinajstić information content (AvgIpc) is 3.72. The Hall–Kier alpha value is -5.77. The van der Waals surface area contributed by atoms with Crippen molar-refractivity contribution >= 4 is 17.8 Å². The zero-order chi connectivity index (χ0) is 42.1. The molecular weight excluding hydrogens is 767 g/mol. The van der Waals surface area contributed by atoms with Gasteiger partial charge in [0.25, 0.3) is 5.91 Å². The number of carboxylic acids is 1. The third-order valence-corrected chi connectivity index (χ3v) is 10.9. The van der Waals surface area contributed by atoms with Crippen molar-refractivity contribution in [3.05, 3.63) is 155 Å². The van der Waals surface area contributed by atoms with Gasteiger partial charge in [-0.05, 0) is 36.1 Å². The summed E-state index contributed by atoms with van der Waals surface area (Å²) in [6.45, 7) is 5.39. The van der Waals surface area contributed by atoms with Crippen molar-refractivity contribution in [3.8, 4) is 0 Å². The van der Waals surface area contributed by atoms with Crippen LogP contribution in [0.2, 0.25) is 0 Å². The highest BCUT2D eigenvalue weighted by molar-refractivity contribution is 6.00.